The van der Waals surface area contributed by atoms with Gasteiger partial charge in [-0.05, 0) is 68.7 Å². The zero-order valence-corrected chi connectivity index (χ0v) is 18.2. The van der Waals surface area contributed by atoms with Crippen LogP contribution in [0.1, 0.15) is 58.9 Å². The van der Waals surface area contributed by atoms with Gasteiger partial charge in [-0.25, -0.2) is 8.78 Å². The van der Waals surface area contributed by atoms with Crippen LogP contribution in [0.4, 0.5) is 22.0 Å². The molecule has 1 aliphatic heterocycles. The maximum atomic E-state index is 14.7. The van der Waals surface area contributed by atoms with Crippen LogP contribution in [0.3, 0.4) is 0 Å². The Hall–Kier alpha value is -3.04. The van der Waals surface area contributed by atoms with Crippen LogP contribution in [0, 0.1) is 30.4 Å². The highest BCUT2D eigenvalue weighted by Gasteiger charge is 2.56. The minimum atomic E-state index is -5.03. The predicted molar refractivity (Wildman–Crippen MR) is 110 cm³/mol. The van der Waals surface area contributed by atoms with Gasteiger partial charge in [0.25, 0.3) is 5.91 Å². The molecule has 2 amide bonds. The van der Waals surface area contributed by atoms with Gasteiger partial charge in [0, 0.05) is 29.1 Å². The average molecular weight is 479 g/mol. The Morgan fingerprint density at radius 3 is 2.50 bits per heavy atom. The van der Waals surface area contributed by atoms with Gasteiger partial charge in [-0.2, -0.15) is 13.2 Å². The minimum Gasteiger partial charge on any atom is -0.347 e. The van der Waals surface area contributed by atoms with Crippen LogP contribution in [0.2, 0.25) is 0 Å². The average Bonchev–Trinajstić information content (AvgIpc) is 3.70. The van der Waals surface area contributed by atoms with Crippen molar-refractivity contribution in [2.45, 2.75) is 56.9 Å². The van der Waals surface area contributed by atoms with Crippen molar-refractivity contribution in [3.05, 3.63) is 64.5 Å². The van der Waals surface area contributed by atoms with Crippen LogP contribution in [-0.2, 0) is 11.0 Å². The third-order valence-electron chi connectivity index (χ3n) is 6.90. The number of carbonyl (C=O) groups excluding carboxylic acids is 2. The lowest BCUT2D eigenvalue weighted by molar-refractivity contribution is -0.140. The molecule has 1 N–H and O–H groups in total. The third kappa shape index (κ3) is 4.14. The topological polar surface area (TPSA) is 62.3 Å². The van der Waals surface area contributed by atoms with E-state index in [0.29, 0.717) is 36.6 Å². The smallest absolute Gasteiger partial charge is 0.347 e. The van der Waals surface area contributed by atoms with Gasteiger partial charge in [-0.1, -0.05) is 0 Å². The van der Waals surface area contributed by atoms with Crippen molar-refractivity contribution in [2.24, 2.45) is 11.8 Å². The van der Waals surface area contributed by atoms with Crippen molar-refractivity contribution < 1.29 is 31.5 Å². The van der Waals surface area contributed by atoms with Crippen molar-refractivity contribution in [3.8, 4) is 0 Å². The lowest BCUT2D eigenvalue weighted by Gasteiger charge is -2.29. The van der Waals surface area contributed by atoms with Crippen molar-refractivity contribution >= 4 is 11.8 Å². The number of halogens is 5. The standard InChI is InChI=1S/C24H22F5N3O2/c1-11-6-13(4-5-30-11)23(34)32-19-7-14(19)8-20(32)22(33)31-21(12-2-3-12)15-9-18(26)16(10-17(15)25)24(27,28)29/h4-6,9-10,12,14,19-21H,2-3,7-8H2,1H3,(H,31,33)/t14-,19-,20-,21-/m1/s1. The zero-order chi connectivity index (χ0) is 24.4. The molecule has 10 heteroatoms. The summed E-state index contributed by atoms with van der Waals surface area (Å²) in [6.07, 6.45) is -1.01. The number of nitrogens with one attached hydrogen (secondary N) is 1. The van der Waals surface area contributed by atoms with Crippen molar-refractivity contribution in [3.63, 3.8) is 0 Å². The summed E-state index contributed by atoms with van der Waals surface area (Å²) in [5, 5.41) is 2.72. The quantitative estimate of drug-likeness (QED) is 0.640. The largest absolute Gasteiger partial charge is 0.419 e. The fraction of sp³-hybridized carbons (Fsp3) is 0.458. The van der Waals surface area contributed by atoms with Gasteiger partial charge in [-0.15, -0.1) is 0 Å². The number of pyridine rings is 1. The van der Waals surface area contributed by atoms with Gasteiger partial charge in [0.15, 0.2) is 0 Å². The van der Waals surface area contributed by atoms with E-state index in [4.69, 9.17) is 0 Å². The first kappa shape index (κ1) is 22.7. The Labute approximate surface area is 192 Å². The molecule has 0 radical (unpaired) electrons. The number of likely N-dealkylation sites (tertiary alicyclic amines) is 1. The Kier molecular flexibility index (Phi) is 5.37. The van der Waals surface area contributed by atoms with E-state index < -0.39 is 41.4 Å². The summed E-state index contributed by atoms with van der Waals surface area (Å²) in [5.74, 6) is -3.63. The molecular weight excluding hydrogens is 457 g/mol. The molecule has 180 valence electrons. The monoisotopic (exact) mass is 479 g/mol. The maximum Gasteiger partial charge on any atom is 0.419 e. The van der Waals surface area contributed by atoms with Gasteiger partial charge in [0.05, 0.1) is 11.6 Å². The van der Waals surface area contributed by atoms with E-state index in [1.807, 2.05) is 0 Å². The van der Waals surface area contributed by atoms with E-state index in [1.54, 1.807) is 24.0 Å². The summed E-state index contributed by atoms with van der Waals surface area (Å²) in [7, 11) is 0. The van der Waals surface area contributed by atoms with Crippen molar-refractivity contribution in [1.29, 1.82) is 0 Å². The molecule has 4 atom stereocenters. The van der Waals surface area contributed by atoms with Crippen LogP contribution >= 0.6 is 0 Å². The number of benzene rings is 1. The highest BCUT2D eigenvalue weighted by Crippen LogP contribution is 2.49. The highest BCUT2D eigenvalue weighted by atomic mass is 19.4. The third-order valence-corrected chi connectivity index (χ3v) is 6.90. The summed E-state index contributed by atoms with van der Waals surface area (Å²) < 4.78 is 67.7. The fourth-order valence-corrected chi connectivity index (χ4v) is 4.96. The lowest BCUT2D eigenvalue weighted by Crippen LogP contribution is -2.49. The Bertz CT molecular complexity index is 1160. The zero-order valence-electron chi connectivity index (χ0n) is 18.2. The van der Waals surface area contributed by atoms with Crippen LogP contribution in [0.15, 0.2) is 30.5 Å². The molecule has 1 aromatic heterocycles. The van der Waals surface area contributed by atoms with E-state index in [1.165, 1.54) is 6.20 Å². The van der Waals surface area contributed by atoms with E-state index in [2.05, 4.69) is 10.3 Å². The molecule has 5 rings (SSSR count). The molecule has 34 heavy (non-hydrogen) atoms. The molecule has 2 aliphatic carbocycles. The molecule has 0 spiro atoms. The molecule has 2 heterocycles. The van der Waals surface area contributed by atoms with Gasteiger partial charge in [0.2, 0.25) is 5.91 Å². The van der Waals surface area contributed by atoms with Crippen LogP contribution in [-0.4, -0.2) is 33.8 Å². The molecule has 0 bridgehead atoms. The van der Waals surface area contributed by atoms with E-state index in [9.17, 15) is 31.5 Å². The van der Waals surface area contributed by atoms with Crippen LogP contribution in [0.5, 0.6) is 0 Å². The molecule has 1 saturated heterocycles. The number of aryl methyl sites for hydroxylation is 1. The Morgan fingerprint density at radius 1 is 1.12 bits per heavy atom. The number of hydrogen-bond donors (Lipinski definition) is 1. The summed E-state index contributed by atoms with van der Waals surface area (Å²) in [5.41, 5.74) is -0.929. The number of hydrogen-bond acceptors (Lipinski definition) is 3. The normalized spacial score (nSPS) is 24.5. The number of alkyl halides is 3. The van der Waals surface area contributed by atoms with E-state index in [0.717, 1.165) is 6.42 Å². The number of carbonyl (C=O) groups is 2. The molecule has 5 nitrogen and oxygen atoms in total. The van der Waals surface area contributed by atoms with Gasteiger partial charge >= 0.3 is 6.18 Å². The molecule has 3 aliphatic rings. The lowest BCUT2D eigenvalue weighted by atomic mass is 9.98. The molecule has 0 unspecified atom stereocenters. The van der Waals surface area contributed by atoms with Gasteiger partial charge < -0.3 is 10.2 Å². The number of rotatable bonds is 5. The minimum absolute atomic E-state index is 0.0589. The maximum absolute atomic E-state index is 14.7. The fourth-order valence-electron chi connectivity index (χ4n) is 4.96. The first-order chi connectivity index (χ1) is 16.0. The van der Waals surface area contributed by atoms with Crippen molar-refractivity contribution in [1.82, 2.24) is 15.2 Å². The number of amides is 2. The first-order valence-electron chi connectivity index (χ1n) is 11.2. The summed E-state index contributed by atoms with van der Waals surface area (Å²) >= 11 is 0. The number of aromatic nitrogens is 1. The van der Waals surface area contributed by atoms with E-state index in [-0.39, 0.29) is 35.4 Å². The number of nitrogens with zero attached hydrogens (tertiary/aromatic N) is 2. The van der Waals surface area contributed by atoms with Crippen molar-refractivity contribution in [2.75, 3.05) is 0 Å². The van der Waals surface area contributed by atoms with E-state index >= 15 is 0 Å². The second kappa shape index (κ2) is 8.02. The van der Waals surface area contributed by atoms with Crippen LogP contribution in [0.25, 0.3) is 0 Å². The summed E-state index contributed by atoms with van der Waals surface area (Å²) in [4.78, 5) is 32.1. The summed E-state index contributed by atoms with van der Waals surface area (Å²) in [6, 6.07) is 2.06. The Balaban J connectivity index is 1.39. The molecule has 1 aromatic carbocycles. The van der Waals surface area contributed by atoms with Gasteiger partial charge in [0.1, 0.15) is 17.7 Å². The second-order valence-corrected chi connectivity index (χ2v) is 9.39. The molecule has 2 aromatic rings. The first-order valence-corrected chi connectivity index (χ1v) is 11.2. The predicted octanol–water partition coefficient (Wildman–Crippen LogP) is 4.56. The summed E-state index contributed by atoms with van der Waals surface area (Å²) in [6.45, 7) is 1.75. The molecule has 3 fully saturated rings. The number of piperidine rings is 1. The number of fused-ring (bicyclic) bond motifs is 1. The van der Waals surface area contributed by atoms with Gasteiger partial charge in [-0.3, -0.25) is 14.6 Å². The van der Waals surface area contributed by atoms with Crippen LogP contribution < -0.4 is 5.32 Å². The SMILES string of the molecule is Cc1cc(C(=O)N2[C@@H](C(=O)N[C@@H](c3cc(F)c(C(F)(F)F)cc3F)C3CC3)C[C@H]3C[C@H]32)ccn1. The highest BCUT2D eigenvalue weighted by molar-refractivity contribution is 5.98. The Morgan fingerprint density at radius 2 is 1.85 bits per heavy atom. The second-order valence-electron chi connectivity index (χ2n) is 9.39. The molecule has 2 saturated carbocycles. The molecular formula is C24H22F5N3O2.